The van der Waals surface area contributed by atoms with Gasteiger partial charge in [-0.05, 0) is 53.1 Å². The van der Waals surface area contributed by atoms with Crippen LogP contribution in [-0.2, 0) is 0 Å². The molecule has 0 spiro atoms. The van der Waals surface area contributed by atoms with E-state index in [1.807, 2.05) is 11.4 Å². The first-order valence-electron chi connectivity index (χ1n) is 5.52. The van der Waals surface area contributed by atoms with E-state index < -0.39 is 0 Å². The highest BCUT2D eigenvalue weighted by Crippen LogP contribution is 2.49. The van der Waals surface area contributed by atoms with Crippen LogP contribution >= 0.6 is 27.3 Å². The van der Waals surface area contributed by atoms with Crippen LogP contribution in [0.5, 0.6) is 0 Å². The van der Waals surface area contributed by atoms with Gasteiger partial charge in [0.05, 0.1) is 3.79 Å². The Balaban J connectivity index is 1.81. The van der Waals surface area contributed by atoms with E-state index in [2.05, 4.69) is 15.9 Å². The first-order valence-corrected chi connectivity index (χ1v) is 7.19. The molecule has 3 heteroatoms. The minimum absolute atomic E-state index is 0.338. The van der Waals surface area contributed by atoms with Crippen LogP contribution in [0.4, 0.5) is 0 Å². The largest absolute Gasteiger partial charge is 0.294 e. The fourth-order valence-electron chi connectivity index (χ4n) is 3.22. The zero-order valence-corrected chi connectivity index (χ0v) is 10.8. The average molecular weight is 285 g/mol. The van der Waals surface area contributed by atoms with Crippen LogP contribution in [0.25, 0.3) is 0 Å². The summed E-state index contributed by atoms with van der Waals surface area (Å²) >= 11 is 5.02. The van der Waals surface area contributed by atoms with Crippen LogP contribution in [0.15, 0.2) is 15.2 Å². The molecule has 0 N–H and O–H groups in total. The molecule has 2 bridgehead atoms. The third-order valence-corrected chi connectivity index (χ3v) is 5.43. The third-order valence-electron chi connectivity index (χ3n) is 3.93. The summed E-state index contributed by atoms with van der Waals surface area (Å²) in [7, 11) is 0. The smallest absolute Gasteiger partial charge is 0.167 e. The summed E-state index contributed by atoms with van der Waals surface area (Å²) in [5, 5.41) is 1.98. The molecule has 3 atom stereocenters. The van der Waals surface area contributed by atoms with Crippen molar-refractivity contribution >= 4 is 33.0 Å². The van der Waals surface area contributed by atoms with Crippen LogP contribution < -0.4 is 0 Å². The van der Waals surface area contributed by atoms with Crippen molar-refractivity contribution in [1.29, 1.82) is 0 Å². The second kappa shape index (κ2) is 3.70. The number of hydrogen-bond donors (Lipinski definition) is 0. The van der Waals surface area contributed by atoms with E-state index in [-0.39, 0.29) is 0 Å². The minimum Gasteiger partial charge on any atom is -0.294 e. The minimum atomic E-state index is 0.338. The predicted octanol–water partition coefficient (Wildman–Crippen LogP) is 4.13. The average Bonchev–Trinajstić information content (AvgIpc) is 2.90. The number of carbonyl (C=O) groups is 1. The number of Topliss-reactive ketones (excluding diaryl/α,β-unsaturated/α-hetero) is 1. The van der Waals surface area contributed by atoms with Gasteiger partial charge in [0.2, 0.25) is 0 Å². The summed E-state index contributed by atoms with van der Waals surface area (Å²) in [5.41, 5.74) is 0.921. The first-order chi connectivity index (χ1) is 7.24. The van der Waals surface area contributed by atoms with Gasteiger partial charge in [0.1, 0.15) is 0 Å². The highest BCUT2D eigenvalue weighted by atomic mass is 79.9. The molecule has 1 nitrogen and oxygen atoms in total. The molecule has 0 amide bonds. The monoisotopic (exact) mass is 284 g/mol. The molecule has 1 aromatic rings. The maximum Gasteiger partial charge on any atom is 0.167 e. The van der Waals surface area contributed by atoms with Crippen molar-refractivity contribution in [2.24, 2.45) is 17.8 Å². The van der Waals surface area contributed by atoms with Gasteiger partial charge < -0.3 is 0 Å². The number of carbonyl (C=O) groups excluding carboxylic acids is 1. The van der Waals surface area contributed by atoms with Crippen molar-refractivity contribution in [3.8, 4) is 0 Å². The predicted molar refractivity (Wildman–Crippen MR) is 65.3 cm³/mol. The summed E-state index contributed by atoms with van der Waals surface area (Å²) in [6, 6.07) is 1.97. The summed E-state index contributed by atoms with van der Waals surface area (Å²) in [4.78, 5) is 12.2. The fourth-order valence-corrected chi connectivity index (χ4v) is 4.36. The Morgan fingerprint density at radius 1 is 1.40 bits per heavy atom. The number of rotatable bonds is 2. The quantitative estimate of drug-likeness (QED) is 0.747. The van der Waals surface area contributed by atoms with E-state index in [0.29, 0.717) is 17.6 Å². The molecule has 3 unspecified atom stereocenters. The van der Waals surface area contributed by atoms with Gasteiger partial charge in [-0.15, -0.1) is 11.3 Å². The summed E-state index contributed by atoms with van der Waals surface area (Å²) in [6.45, 7) is 0. The second-order valence-electron chi connectivity index (χ2n) is 4.79. The standard InChI is InChI=1S/C12H13BrOS/c13-11-5-9(6-15-11)12(14)10-4-7-1-2-8(10)3-7/h5-8,10H,1-4H2. The number of thiophene rings is 1. The zero-order chi connectivity index (χ0) is 10.4. The van der Waals surface area contributed by atoms with Gasteiger partial charge in [-0.1, -0.05) is 6.42 Å². The molecular weight excluding hydrogens is 272 g/mol. The molecule has 1 heterocycles. The zero-order valence-electron chi connectivity index (χ0n) is 8.41. The molecule has 2 aliphatic rings. The van der Waals surface area contributed by atoms with E-state index in [1.165, 1.54) is 19.3 Å². The summed E-state index contributed by atoms with van der Waals surface area (Å²) in [5.74, 6) is 2.28. The highest BCUT2D eigenvalue weighted by Gasteiger charge is 2.43. The molecule has 0 aromatic carbocycles. The lowest BCUT2D eigenvalue weighted by atomic mass is 9.84. The maximum absolute atomic E-state index is 12.2. The van der Waals surface area contributed by atoms with E-state index in [1.54, 1.807) is 11.3 Å². The van der Waals surface area contributed by atoms with Crippen molar-refractivity contribution in [3.63, 3.8) is 0 Å². The topological polar surface area (TPSA) is 17.1 Å². The van der Waals surface area contributed by atoms with Gasteiger partial charge in [-0.2, -0.15) is 0 Å². The van der Waals surface area contributed by atoms with Gasteiger partial charge in [-0.3, -0.25) is 4.79 Å². The molecule has 0 aliphatic heterocycles. The molecular formula is C12H13BrOS. The second-order valence-corrected chi connectivity index (χ2v) is 7.08. The van der Waals surface area contributed by atoms with Crippen LogP contribution in [0, 0.1) is 17.8 Å². The van der Waals surface area contributed by atoms with Crippen LogP contribution in [-0.4, -0.2) is 5.78 Å². The molecule has 80 valence electrons. The molecule has 3 rings (SSSR count). The van der Waals surface area contributed by atoms with Gasteiger partial charge >= 0.3 is 0 Å². The summed E-state index contributed by atoms with van der Waals surface area (Å²) < 4.78 is 1.06. The van der Waals surface area contributed by atoms with Crippen molar-refractivity contribution < 1.29 is 4.79 Å². The highest BCUT2D eigenvalue weighted by molar-refractivity contribution is 9.11. The Bertz CT molecular complexity index is 398. The Hall–Kier alpha value is -0.150. The molecule has 0 radical (unpaired) electrons. The molecule has 1 aromatic heterocycles. The third kappa shape index (κ3) is 1.70. The SMILES string of the molecule is O=C(c1csc(Br)c1)C1CC2CCC1C2. The Morgan fingerprint density at radius 3 is 2.80 bits per heavy atom. The van der Waals surface area contributed by atoms with Gasteiger partial charge in [0.15, 0.2) is 5.78 Å². The summed E-state index contributed by atoms with van der Waals surface area (Å²) in [6.07, 6.45) is 5.10. The van der Waals surface area contributed by atoms with Gasteiger partial charge in [-0.25, -0.2) is 0 Å². The Morgan fingerprint density at radius 2 is 2.27 bits per heavy atom. The van der Waals surface area contributed by atoms with E-state index in [9.17, 15) is 4.79 Å². The molecule has 15 heavy (non-hydrogen) atoms. The number of hydrogen-bond acceptors (Lipinski definition) is 2. The van der Waals surface area contributed by atoms with E-state index in [4.69, 9.17) is 0 Å². The molecule has 0 saturated heterocycles. The van der Waals surface area contributed by atoms with Gasteiger partial charge in [0, 0.05) is 16.9 Å². The number of fused-ring (bicyclic) bond motifs is 2. The normalized spacial score (nSPS) is 33.5. The van der Waals surface area contributed by atoms with Gasteiger partial charge in [0.25, 0.3) is 0 Å². The molecule has 2 saturated carbocycles. The van der Waals surface area contributed by atoms with Crippen molar-refractivity contribution in [3.05, 3.63) is 20.8 Å². The van der Waals surface area contributed by atoms with Crippen LogP contribution in [0.1, 0.15) is 36.0 Å². The van der Waals surface area contributed by atoms with Crippen molar-refractivity contribution in [2.75, 3.05) is 0 Å². The number of halogens is 1. The number of ketones is 1. The van der Waals surface area contributed by atoms with Crippen molar-refractivity contribution in [1.82, 2.24) is 0 Å². The molecule has 2 fully saturated rings. The van der Waals surface area contributed by atoms with Crippen LogP contribution in [0.3, 0.4) is 0 Å². The van der Waals surface area contributed by atoms with Crippen molar-refractivity contribution in [2.45, 2.75) is 25.7 Å². The van der Waals surface area contributed by atoms with Crippen LogP contribution in [0.2, 0.25) is 0 Å². The van der Waals surface area contributed by atoms with E-state index in [0.717, 1.165) is 21.7 Å². The maximum atomic E-state index is 12.2. The lowest BCUT2D eigenvalue weighted by Gasteiger charge is -2.19. The Labute approximate surface area is 102 Å². The Kier molecular flexibility index (Phi) is 2.48. The lowest BCUT2D eigenvalue weighted by molar-refractivity contribution is 0.0875. The molecule has 2 aliphatic carbocycles. The fraction of sp³-hybridized carbons (Fsp3) is 0.583. The van der Waals surface area contributed by atoms with E-state index >= 15 is 0 Å². The lowest BCUT2D eigenvalue weighted by Crippen LogP contribution is -2.20. The first kappa shape index (κ1) is 10.0.